The lowest BCUT2D eigenvalue weighted by Gasteiger charge is -2.25. The van der Waals surface area contributed by atoms with Crippen molar-refractivity contribution in [3.8, 4) is 0 Å². The Morgan fingerprint density at radius 1 is 1.19 bits per heavy atom. The highest BCUT2D eigenvalue weighted by Crippen LogP contribution is 2.06. The van der Waals surface area contributed by atoms with Gasteiger partial charge in [-0.15, -0.1) is 0 Å². The average molecular weight is 227 g/mol. The Kier molecular flexibility index (Phi) is 5.22. The molecule has 0 aromatic rings. The summed E-state index contributed by atoms with van der Waals surface area (Å²) in [5, 5.41) is 0. The molecule has 0 saturated carbocycles. The second kappa shape index (κ2) is 6.21. The molecule has 4 heteroatoms. The number of hydrogen-bond acceptors (Lipinski definition) is 3. The first kappa shape index (κ1) is 13.5. The molecule has 1 saturated heterocycles. The van der Waals surface area contributed by atoms with E-state index in [1.54, 1.807) is 4.90 Å². The van der Waals surface area contributed by atoms with Crippen LogP contribution in [0.4, 0.5) is 0 Å². The first-order valence-electron chi connectivity index (χ1n) is 6.17. The minimum atomic E-state index is 0.206. The quantitative estimate of drug-likeness (QED) is 0.702. The lowest BCUT2D eigenvalue weighted by molar-refractivity contribution is -0.129. The number of nitrogens with zero attached hydrogens (tertiary/aromatic N) is 3. The van der Waals surface area contributed by atoms with E-state index in [1.807, 2.05) is 14.1 Å². The minimum absolute atomic E-state index is 0.206. The molecule has 0 aromatic carbocycles. The van der Waals surface area contributed by atoms with Gasteiger partial charge >= 0.3 is 0 Å². The fourth-order valence-electron chi connectivity index (χ4n) is 2.00. The summed E-state index contributed by atoms with van der Waals surface area (Å²) in [5.74, 6) is 0.206. The SMILES string of the molecule is CC(C)N1CCCN(CC(=O)N(C)C)CC1. The summed E-state index contributed by atoms with van der Waals surface area (Å²) >= 11 is 0. The summed E-state index contributed by atoms with van der Waals surface area (Å²) in [6.45, 7) is 9.34. The van der Waals surface area contributed by atoms with Crippen LogP contribution in [0.15, 0.2) is 0 Å². The van der Waals surface area contributed by atoms with Crippen LogP contribution in [0.2, 0.25) is 0 Å². The van der Waals surface area contributed by atoms with Crippen LogP contribution in [0.1, 0.15) is 20.3 Å². The highest BCUT2D eigenvalue weighted by Gasteiger charge is 2.18. The molecule has 0 bridgehead atoms. The predicted molar refractivity (Wildman–Crippen MR) is 66.5 cm³/mol. The van der Waals surface area contributed by atoms with Crippen molar-refractivity contribution in [1.82, 2.24) is 14.7 Å². The maximum atomic E-state index is 11.6. The van der Waals surface area contributed by atoms with Crippen LogP contribution in [-0.4, -0.2) is 73.5 Å². The third kappa shape index (κ3) is 4.10. The van der Waals surface area contributed by atoms with Crippen LogP contribution in [0.3, 0.4) is 0 Å². The maximum absolute atomic E-state index is 11.6. The van der Waals surface area contributed by atoms with Crippen molar-refractivity contribution in [3.63, 3.8) is 0 Å². The molecule has 0 radical (unpaired) electrons. The number of carbonyl (C=O) groups is 1. The summed E-state index contributed by atoms with van der Waals surface area (Å²) in [4.78, 5) is 18.0. The Morgan fingerprint density at radius 3 is 2.44 bits per heavy atom. The highest BCUT2D eigenvalue weighted by molar-refractivity contribution is 5.77. The van der Waals surface area contributed by atoms with Crippen molar-refractivity contribution in [2.24, 2.45) is 0 Å². The van der Waals surface area contributed by atoms with Crippen LogP contribution in [0, 0.1) is 0 Å². The van der Waals surface area contributed by atoms with Crippen LogP contribution in [0.5, 0.6) is 0 Å². The first-order chi connectivity index (χ1) is 7.50. The molecule has 0 spiro atoms. The fourth-order valence-corrected chi connectivity index (χ4v) is 2.00. The van der Waals surface area contributed by atoms with Gasteiger partial charge in [0.1, 0.15) is 0 Å². The van der Waals surface area contributed by atoms with Gasteiger partial charge in [-0.25, -0.2) is 0 Å². The van der Waals surface area contributed by atoms with Gasteiger partial charge in [0.15, 0.2) is 0 Å². The van der Waals surface area contributed by atoms with Crippen molar-refractivity contribution in [2.45, 2.75) is 26.3 Å². The Labute approximate surface area is 99.2 Å². The minimum Gasteiger partial charge on any atom is -0.348 e. The molecule has 16 heavy (non-hydrogen) atoms. The molecule has 1 rings (SSSR count). The summed E-state index contributed by atoms with van der Waals surface area (Å²) in [6.07, 6.45) is 1.17. The zero-order valence-corrected chi connectivity index (χ0v) is 11.1. The molecule has 1 aliphatic heterocycles. The number of rotatable bonds is 3. The molecule has 1 amide bonds. The number of amides is 1. The third-order valence-electron chi connectivity index (χ3n) is 3.21. The Morgan fingerprint density at radius 2 is 1.88 bits per heavy atom. The van der Waals surface area contributed by atoms with Crippen molar-refractivity contribution in [1.29, 1.82) is 0 Å². The molecule has 0 N–H and O–H groups in total. The second-order valence-corrected chi connectivity index (χ2v) is 5.05. The fraction of sp³-hybridized carbons (Fsp3) is 0.917. The summed E-state index contributed by atoms with van der Waals surface area (Å²) in [5.41, 5.74) is 0. The standard InChI is InChI=1S/C12H25N3O/c1-11(2)15-7-5-6-14(8-9-15)10-12(16)13(3)4/h11H,5-10H2,1-4H3. The topological polar surface area (TPSA) is 26.8 Å². The molecule has 1 heterocycles. The van der Waals surface area contributed by atoms with Crippen molar-refractivity contribution in [3.05, 3.63) is 0 Å². The van der Waals surface area contributed by atoms with E-state index in [-0.39, 0.29) is 5.91 Å². The van der Waals surface area contributed by atoms with E-state index in [0.717, 1.165) is 26.2 Å². The Hall–Kier alpha value is -0.610. The van der Waals surface area contributed by atoms with Gasteiger partial charge in [-0.05, 0) is 33.4 Å². The normalized spacial score (nSPS) is 19.8. The smallest absolute Gasteiger partial charge is 0.236 e. The molecule has 1 fully saturated rings. The monoisotopic (exact) mass is 227 g/mol. The maximum Gasteiger partial charge on any atom is 0.236 e. The van der Waals surface area contributed by atoms with E-state index >= 15 is 0 Å². The predicted octanol–water partition coefficient (Wildman–Crippen LogP) is 0.491. The largest absolute Gasteiger partial charge is 0.348 e. The van der Waals surface area contributed by atoms with E-state index in [9.17, 15) is 4.79 Å². The van der Waals surface area contributed by atoms with Gasteiger partial charge in [0, 0.05) is 33.2 Å². The van der Waals surface area contributed by atoms with Gasteiger partial charge in [0.25, 0.3) is 0 Å². The van der Waals surface area contributed by atoms with E-state index in [0.29, 0.717) is 12.6 Å². The molecule has 1 aliphatic rings. The molecule has 0 aromatic heterocycles. The number of likely N-dealkylation sites (N-methyl/N-ethyl adjacent to an activating group) is 1. The zero-order chi connectivity index (χ0) is 12.1. The van der Waals surface area contributed by atoms with Gasteiger partial charge in [0.2, 0.25) is 5.91 Å². The van der Waals surface area contributed by atoms with E-state index < -0.39 is 0 Å². The lowest BCUT2D eigenvalue weighted by atomic mass is 10.3. The van der Waals surface area contributed by atoms with Gasteiger partial charge < -0.3 is 4.90 Å². The van der Waals surface area contributed by atoms with Crippen LogP contribution in [0.25, 0.3) is 0 Å². The van der Waals surface area contributed by atoms with E-state index in [2.05, 4.69) is 23.6 Å². The number of carbonyl (C=O) groups excluding carboxylic acids is 1. The molecular weight excluding hydrogens is 202 g/mol. The van der Waals surface area contributed by atoms with Crippen LogP contribution >= 0.6 is 0 Å². The summed E-state index contributed by atoms with van der Waals surface area (Å²) in [6, 6.07) is 0.615. The van der Waals surface area contributed by atoms with Crippen LogP contribution in [-0.2, 0) is 4.79 Å². The first-order valence-corrected chi connectivity index (χ1v) is 6.17. The van der Waals surface area contributed by atoms with E-state index in [1.165, 1.54) is 6.42 Å². The molecular formula is C12H25N3O. The summed E-state index contributed by atoms with van der Waals surface area (Å²) in [7, 11) is 3.64. The van der Waals surface area contributed by atoms with Gasteiger partial charge in [-0.2, -0.15) is 0 Å². The summed E-state index contributed by atoms with van der Waals surface area (Å²) < 4.78 is 0. The van der Waals surface area contributed by atoms with Crippen LogP contribution < -0.4 is 0 Å². The molecule has 4 nitrogen and oxygen atoms in total. The van der Waals surface area contributed by atoms with Crippen molar-refractivity contribution in [2.75, 3.05) is 46.8 Å². The second-order valence-electron chi connectivity index (χ2n) is 5.05. The highest BCUT2D eigenvalue weighted by atomic mass is 16.2. The van der Waals surface area contributed by atoms with Crippen molar-refractivity contribution < 1.29 is 4.79 Å². The third-order valence-corrected chi connectivity index (χ3v) is 3.21. The van der Waals surface area contributed by atoms with E-state index in [4.69, 9.17) is 0 Å². The van der Waals surface area contributed by atoms with Gasteiger partial charge in [-0.1, -0.05) is 0 Å². The number of hydrogen-bond donors (Lipinski definition) is 0. The molecule has 0 atom stereocenters. The Bertz CT molecular complexity index is 228. The average Bonchev–Trinajstić information content (AvgIpc) is 2.43. The molecule has 0 unspecified atom stereocenters. The zero-order valence-electron chi connectivity index (χ0n) is 11.1. The van der Waals surface area contributed by atoms with Gasteiger partial charge in [0.05, 0.1) is 6.54 Å². The molecule has 94 valence electrons. The Balaban J connectivity index is 2.38. The molecule has 0 aliphatic carbocycles. The van der Waals surface area contributed by atoms with Crippen molar-refractivity contribution >= 4 is 5.91 Å². The van der Waals surface area contributed by atoms with Gasteiger partial charge in [-0.3, -0.25) is 14.6 Å². The lowest BCUT2D eigenvalue weighted by Crippen LogP contribution is -2.39.